The molecule has 4 aromatic rings. The van der Waals surface area contributed by atoms with E-state index in [9.17, 15) is 0 Å². The summed E-state index contributed by atoms with van der Waals surface area (Å²) >= 11 is 0. The smallest absolute Gasteiger partial charge is 0.0963 e. The first kappa shape index (κ1) is 35.1. The Labute approximate surface area is 271 Å². The van der Waals surface area contributed by atoms with Crippen molar-refractivity contribution >= 4 is 16.9 Å². The molecule has 5 rings (SSSR count). The van der Waals surface area contributed by atoms with Gasteiger partial charge in [0.05, 0.1) is 18.4 Å². The number of para-hydroxylation sites is 2. The normalized spacial score (nSPS) is 14.6. The summed E-state index contributed by atoms with van der Waals surface area (Å²) in [6.07, 6.45) is 8.43. The predicted octanol–water partition coefficient (Wildman–Crippen LogP) is 9.20. The average Bonchev–Trinajstić information content (AvgIpc) is 3.10. The molecule has 0 saturated heterocycles. The highest BCUT2D eigenvalue weighted by Crippen LogP contribution is 2.31. The molecule has 0 saturated carbocycles. The maximum atomic E-state index is 6.42. The van der Waals surface area contributed by atoms with E-state index in [4.69, 9.17) is 11.5 Å². The molecule has 3 unspecified atom stereocenters. The maximum Gasteiger partial charge on any atom is 0.0963 e. The van der Waals surface area contributed by atoms with Gasteiger partial charge in [0.1, 0.15) is 0 Å². The lowest BCUT2D eigenvalue weighted by Crippen LogP contribution is -2.34. The first-order chi connectivity index (χ1) is 22.0. The molecule has 5 heteroatoms. The quantitative estimate of drug-likeness (QED) is 0.0924. The molecule has 0 spiro atoms. The summed E-state index contributed by atoms with van der Waals surface area (Å²) in [4.78, 5) is 0. The molecule has 4 aromatic carbocycles. The van der Waals surface area contributed by atoms with Gasteiger partial charge in [-0.1, -0.05) is 135 Å². The number of anilines is 2. The fourth-order valence-electron chi connectivity index (χ4n) is 5.08. The Hall–Kier alpha value is -4.42. The average molecular weight is 602 g/mol. The zero-order chi connectivity index (χ0) is 32.4. The van der Waals surface area contributed by atoms with Crippen molar-refractivity contribution in [2.45, 2.75) is 58.9 Å². The maximum absolute atomic E-state index is 6.42. The van der Waals surface area contributed by atoms with Crippen LogP contribution >= 0.6 is 0 Å². The number of allylic oxidation sites excluding steroid dienone is 4. The summed E-state index contributed by atoms with van der Waals surface area (Å²) in [6, 6.07) is 38.7. The molecule has 7 N–H and O–H groups in total. The number of hydrogen-bond acceptors (Lipinski definition) is 5. The number of benzene rings is 4. The lowest BCUT2D eigenvalue weighted by molar-refractivity contribution is 0.505. The molecule has 0 radical (unpaired) electrons. The van der Waals surface area contributed by atoms with Gasteiger partial charge >= 0.3 is 0 Å². The van der Waals surface area contributed by atoms with Crippen molar-refractivity contribution in [1.82, 2.24) is 5.32 Å². The van der Waals surface area contributed by atoms with E-state index in [-0.39, 0.29) is 18.4 Å². The third-order valence-electron chi connectivity index (χ3n) is 7.61. The molecule has 236 valence electrons. The van der Waals surface area contributed by atoms with Gasteiger partial charge in [-0.05, 0) is 67.2 Å². The van der Waals surface area contributed by atoms with Crippen molar-refractivity contribution < 1.29 is 0 Å². The third kappa shape index (κ3) is 10.9. The molecule has 0 aliphatic heterocycles. The molecule has 45 heavy (non-hydrogen) atoms. The van der Waals surface area contributed by atoms with Gasteiger partial charge in [0.25, 0.3) is 0 Å². The summed E-state index contributed by atoms with van der Waals surface area (Å²) in [7, 11) is 1.97. The Morgan fingerprint density at radius 3 is 1.91 bits per heavy atom. The second-order valence-electron chi connectivity index (χ2n) is 10.8. The second kappa shape index (κ2) is 19.1. The first-order valence-corrected chi connectivity index (χ1v) is 16.0. The molecule has 1 aliphatic carbocycles. The zero-order valence-corrected chi connectivity index (χ0v) is 27.5. The number of nitrogens with one attached hydrogen (secondary N) is 3. The van der Waals surface area contributed by atoms with Crippen molar-refractivity contribution in [3.63, 3.8) is 0 Å². The van der Waals surface area contributed by atoms with Gasteiger partial charge < -0.3 is 22.1 Å². The Bertz CT molecular complexity index is 1490. The van der Waals surface area contributed by atoms with Gasteiger partial charge in [0.2, 0.25) is 0 Å². The van der Waals surface area contributed by atoms with E-state index in [0.29, 0.717) is 0 Å². The van der Waals surface area contributed by atoms with Crippen molar-refractivity contribution in [2.24, 2.45) is 11.5 Å². The van der Waals surface area contributed by atoms with Gasteiger partial charge in [0, 0.05) is 24.0 Å². The standard InChI is InChI=1S/C24H28N4.C14H17N.C2H6/c1-18(23(25)27-21-15-9-4-10-16-21)17-22(19-11-5-2-6-12-19)28-24(26)20-13-7-3-8-14-20;1-11-7-3-4-8-12(11)13-9-5-6-10-14(13)15-2;1-2/h2-17,22-24,27-28H,25-26H2,1H3;4-6,8-10,15H,3,7H2,1-2H3;1-2H3/b18-17+;;. The minimum absolute atomic E-state index is 0.0555. The van der Waals surface area contributed by atoms with E-state index in [2.05, 4.69) is 77.5 Å². The van der Waals surface area contributed by atoms with Crippen LogP contribution in [0.25, 0.3) is 5.57 Å². The molecule has 0 amide bonds. The molecule has 0 bridgehead atoms. The molecule has 0 fully saturated rings. The fraction of sp³-hybridized carbons (Fsp3) is 0.250. The van der Waals surface area contributed by atoms with Crippen LogP contribution in [-0.2, 0) is 0 Å². The van der Waals surface area contributed by atoms with Gasteiger partial charge in [0.15, 0.2) is 0 Å². The Balaban J connectivity index is 0.000000273. The van der Waals surface area contributed by atoms with Crippen molar-refractivity contribution in [1.29, 1.82) is 0 Å². The van der Waals surface area contributed by atoms with E-state index in [0.717, 1.165) is 22.4 Å². The van der Waals surface area contributed by atoms with Crippen LogP contribution in [0.5, 0.6) is 0 Å². The minimum atomic E-state index is -0.289. The molecule has 3 atom stereocenters. The number of hydrogen-bond donors (Lipinski definition) is 5. The summed E-state index contributed by atoms with van der Waals surface area (Å²) in [5.41, 5.74) is 22.4. The SMILES string of the molecule is C/C(=C\C(NC(N)c1ccccc1)c1ccccc1)C(N)Nc1ccccc1.CC.CNc1ccccc1C1=C(C)CCC=C1. The summed E-state index contributed by atoms with van der Waals surface area (Å²) < 4.78 is 0. The van der Waals surface area contributed by atoms with E-state index in [1.165, 1.54) is 35.2 Å². The van der Waals surface area contributed by atoms with Crippen LogP contribution in [0.1, 0.15) is 69.4 Å². The lowest BCUT2D eigenvalue weighted by Gasteiger charge is -2.24. The van der Waals surface area contributed by atoms with Gasteiger partial charge in [-0.25, -0.2) is 0 Å². The van der Waals surface area contributed by atoms with Crippen LogP contribution in [-0.4, -0.2) is 13.2 Å². The number of nitrogens with two attached hydrogens (primary N) is 2. The second-order valence-corrected chi connectivity index (χ2v) is 10.8. The summed E-state index contributed by atoms with van der Waals surface area (Å²) in [5.74, 6) is 0. The monoisotopic (exact) mass is 601 g/mol. The largest absolute Gasteiger partial charge is 0.388 e. The Morgan fingerprint density at radius 2 is 1.31 bits per heavy atom. The van der Waals surface area contributed by atoms with Crippen LogP contribution in [0.3, 0.4) is 0 Å². The van der Waals surface area contributed by atoms with Crippen LogP contribution in [0.15, 0.2) is 145 Å². The topological polar surface area (TPSA) is 88.1 Å². The van der Waals surface area contributed by atoms with Crippen molar-refractivity contribution in [3.05, 3.63) is 161 Å². The highest BCUT2D eigenvalue weighted by Gasteiger charge is 2.16. The minimum Gasteiger partial charge on any atom is -0.388 e. The molecule has 1 aliphatic rings. The van der Waals surface area contributed by atoms with Crippen LogP contribution in [0.4, 0.5) is 11.4 Å². The van der Waals surface area contributed by atoms with Crippen molar-refractivity contribution in [3.8, 4) is 0 Å². The van der Waals surface area contributed by atoms with Gasteiger partial charge in [-0.3, -0.25) is 5.32 Å². The third-order valence-corrected chi connectivity index (χ3v) is 7.61. The molecule has 0 heterocycles. The highest BCUT2D eigenvalue weighted by molar-refractivity contribution is 5.84. The molecule has 5 nitrogen and oxygen atoms in total. The van der Waals surface area contributed by atoms with E-state index >= 15 is 0 Å². The number of rotatable bonds is 10. The van der Waals surface area contributed by atoms with Crippen LogP contribution in [0, 0.1) is 0 Å². The molecular formula is C40H51N5. The first-order valence-electron chi connectivity index (χ1n) is 16.0. The summed E-state index contributed by atoms with van der Waals surface area (Å²) in [5, 5.41) is 10.1. The summed E-state index contributed by atoms with van der Waals surface area (Å²) in [6.45, 7) is 8.26. The fourth-order valence-corrected chi connectivity index (χ4v) is 5.08. The van der Waals surface area contributed by atoms with Crippen molar-refractivity contribution in [2.75, 3.05) is 17.7 Å². The van der Waals surface area contributed by atoms with E-state index < -0.39 is 0 Å². The van der Waals surface area contributed by atoms with Crippen LogP contribution in [0.2, 0.25) is 0 Å². The Kier molecular flexibility index (Phi) is 14.9. The molecule has 0 aromatic heterocycles. The Morgan fingerprint density at radius 1 is 0.756 bits per heavy atom. The predicted molar refractivity (Wildman–Crippen MR) is 196 cm³/mol. The highest BCUT2D eigenvalue weighted by atomic mass is 15.1. The van der Waals surface area contributed by atoms with Gasteiger partial charge in [-0.15, -0.1) is 0 Å². The van der Waals surface area contributed by atoms with E-state index in [1.807, 2.05) is 107 Å². The lowest BCUT2D eigenvalue weighted by atomic mass is 9.92. The zero-order valence-electron chi connectivity index (χ0n) is 27.5. The van der Waals surface area contributed by atoms with Gasteiger partial charge in [-0.2, -0.15) is 0 Å². The molecular weight excluding hydrogens is 550 g/mol. The van der Waals surface area contributed by atoms with E-state index in [1.54, 1.807) is 0 Å². The van der Waals surface area contributed by atoms with Crippen LogP contribution < -0.4 is 27.4 Å².